The quantitative estimate of drug-likeness (QED) is 0.815. The Hall–Kier alpha value is -1.15. The van der Waals surface area contributed by atoms with E-state index >= 15 is 0 Å². The molecular weight excluding hydrogens is 350 g/mol. The zero-order valence-corrected chi connectivity index (χ0v) is 15.7. The van der Waals surface area contributed by atoms with Gasteiger partial charge < -0.3 is 11.1 Å². The number of benzene rings is 1. The molecule has 136 valence electrons. The molecule has 1 aliphatic carbocycles. The predicted molar refractivity (Wildman–Crippen MR) is 96.3 cm³/mol. The normalized spacial score (nSPS) is 21.2. The summed E-state index contributed by atoms with van der Waals surface area (Å²) in [5.41, 5.74) is 6.51. The third-order valence-corrected chi connectivity index (χ3v) is 6.19. The summed E-state index contributed by atoms with van der Waals surface area (Å²) >= 11 is 0. The molecular formula is C16H26ClN3O3S. The minimum absolute atomic E-state index is 0. The molecule has 3 N–H and O–H groups in total. The van der Waals surface area contributed by atoms with E-state index in [1.54, 1.807) is 24.3 Å². The lowest BCUT2D eigenvalue weighted by Crippen LogP contribution is -2.37. The number of amides is 1. The van der Waals surface area contributed by atoms with Gasteiger partial charge in [0, 0.05) is 32.6 Å². The highest BCUT2D eigenvalue weighted by atomic mass is 35.5. The first-order valence-electron chi connectivity index (χ1n) is 7.86. The van der Waals surface area contributed by atoms with E-state index in [0.717, 1.165) is 19.3 Å². The monoisotopic (exact) mass is 375 g/mol. The van der Waals surface area contributed by atoms with Crippen molar-refractivity contribution in [3.05, 3.63) is 29.8 Å². The van der Waals surface area contributed by atoms with Gasteiger partial charge in [-0.3, -0.25) is 4.79 Å². The Labute approximate surface area is 150 Å². The van der Waals surface area contributed by atoms with Gasteiger partial charge >= 0.3 is 0 Å². The van der Waals surface area contributed by atoms with Crippen molar-refractivity contribution in [3.8, 4) is 0 Å². The fraction of sp³-hybridized carbons (Fsp3) is 0.562. The van der Waals surface area contributed by atoms with Crippen LogP contribution in [0.25, 0.3) is 0 Å². The highest BCUT2D eigenvalue weighted by Gasteiger charge is 2.26. The van der Waals surface area contributed by atoms with Crippen molar-refractivity contribution >= 4 is 28.3 Å². The number of rotatable bonds is 5. The molecule has 1 saturated carbocycles. The topological polar surface area (TPSA) is 92.5 Å². The van der Waals surface area contributed by atoms with E-state index in [-0.39, 0.29) is 41.7 Å². The van der Waals surface area contributed by atoms with Gasteiger partial charge in [-0.1, -0.05) is 24.6 Å². The van der Waals surface area contributed by atoms with E-state index < -0.39 is 10.0 Å². The molecule has 2 atom stereocenters. The standard InChI is InChI=1S/C16H25N3O3S.ClH/c1-19(2)23(21,22)15-9-4-3-6-13(15)11-18-16(20)12-7-5-8-14(17)10-12;/h3-4,6,9,12,14H,5,7-8,10-11,17H2,1-2H3,(H,18,20);1H. The van der Waals surface area contributed by atoms with Crippen LogP contribution < -0.4 is 11.1 Å². The van der Waals surface area contributed by atoms with Gasteiger partial charge in [0.15, 0.2) is 0 Å². The Morgan fingerprint density at radius 1 is 1.29 bits per heavy atom. The molecule has 1 amide bonds. The highest BCUT2D eigenvalue weighted by Crippen LogP contribution is 2.24. The molecule has 1 fully saturated rings. The predicted octanol–water partition coefficient (Wildman–Crippen LogP) is 1.49. The fourth-order valence-electron chi connectivity index (χ4n) is 2.89. The van der Waals surface area contributed by atoms with Gasteiger partial charge in [0.05, 0.1) is 4.90 Å². The molecule has 0 saturated heterocycles. The van der Waals surface area contributed by atoms with Gasteiger partial charge in [-0.05, 0) is 30.9 Å². The lowest BCUT2D eigenvalue weighted by Gasteiger charge is -2.25. The smallest absolute Gasteiger partial charge is 0.242 e. The molecule has 24 heavy (non-hydrogen) atoms. The van der Waals surface area contributed by atoms with Gasteiger partial charge in [0.1, 0.15) is 0 Å². The van der Waals surface area contributed by atoms with Crippen LogP contribution in [0, 0.1) is 5.92 Å². The summed E-state index contributed by atoms with van der Waals surface area (Å²) in [6.07, 6.45) is 3.47. The van der Waals surface area contributed by atoms with Crippen molar-refractivity contribution in [2.45, 2.75) is 43.2 Å². The van der Waals surface area contributed by atoms with Gasteiger partial charge in [-0.15, -0.1) is 12.4 Å². The molecule has 0 bridgehead atoms. The van der Waals surface area contributed by atoms with Crippen molar-refractivity contribution in [2.24, 2.45) is 11.7 Å². The second-order valence-corrected chi connectivity index (χ2v) is 8.36. The van der Waals surface area contributed by atoms with Crippen molar-refractivity contribution < 1.29 is 13.2 Å². The number of hydrogen-bond donors (Lipinski definition) is 2. The summed E-state index contributed by atoms with van der Waals surface area (Å²) < 4.78 is 25.9. The molecule has 8 heteroatoms. The number of nitrogens with one attached hydrogen (secondary N) is 1. The van der Waals surface area contributed by atoms with Crippen LogP contribution in [0.1, 0.15) is 31.2 Å². The number of nitrogens with two attached hydrogens (primary N) is 1. The van der Waals surface area contributed by atoms with Crippen molar-refractivity contribution in [1.82, 2.24) is 9.62 Å². The zero-order chi connectivity index (χ0) is 17.0. The van der Waals surface area contributed by atoms with E-state index in [2.05, 4.69) is 5.32 Å². The van der Waals surface area contributed by atoms with Crippen LogP contribution >= 0.6 is 12.4 Å². The van der Waals surface area contributed by atoms with Gasteiger partial charge in [0.2, 0.25) is 15.9 Å². The molecule has 0 heterocycles. The van der Waals surface area contributed by atoms with Crippen LogP contribution in [-0.2, 0) is 21.4 Å². The Morgan fingerprint density at radius 2 is 1.96 bits per heavy atom. The number of carbonyl (C=O) groups is 1. The summed E-state index contributed by atoms with van der Waals surface area (Å²) in [4.78, 5) is 12.5. The Balaban J connectivity index is 0.00000288. The van der Waals surface area contributed by atoms with Crippen molar-refractivity contribution in [1.29, 1.82) is 0 Å². The van der Waals surface area contributed by atoms with Crippen molar-refractivity contribution in [3.63, 3.8) is 0 Å². The van der Waals surface area contributed by atoms with E-state index in [1.165, 1.54) is 18.4 Å². The van der Waals surface area contributed by atoms with E-state index in [9.17, 15) is 13.2 Å². The Morgan fingerprint density at radius 3 is 2.58 bits per heavy atom. The number of halogens is 1. The SMILES string of the molecule is CN(C)S(=O)(=O)c1ccccc1CNC(=O)C1CCCC(N)C1.Cl. The summed E-state index contributed by atoms with van der Waals surface area (Å²) in [6.45, 7) is 0.202. The Kier molecular flexibility index (Phi) is 7.66. The largest absolute Gasteiger partial charge is 0.352 e. The summed E-state index contributed by atoms with van der Waals surface area (Å²) in [5.74, 6) is -0.117. The average Bonchev–Trinajstić information content (AvgIpc) is 2.52. The highest BCUT2D eigenvalue weighted by molar-refractivity contribution is 7.89. The molecule has 6 nitrogen and oxygen atoms in total. The first kappa shape index (κ1) is 20.9. The molecule has 2 unspecified atom stereocenters. The van der Waals surface area contributed by atoms with E-state index in [1.807, 2.05) is 0 Å². The van der Waals surface area contributed by atoms with Crippen LogP contribution in [0.15, 0.2) is 29.2 Å². The number of nitrogens with zero attached hydrogens (tertiary/aromatic N) is 1. The van der Waals surface area contributed by atoms with Gasteiger partial charge in [0.25, 0.3) is 0 Å². The van der Waals surface area contributed by atoms with E-state index in [4.69, 9.17) is 5.73 Å². The van der Waals surface area contributed by atoms with Crippen LogP contribution in [0.3, 0.4) is 0 Å². The lowest BCUT2D eigenvalue weighted by molar-refractivity contribution is -0.126. The van der Waals surface area contributed by atoms with Gasteiger partial charge in [-0.25, -0.2) is 12.7 Å². The molecule has 1 aromatic rings. The number of hydrogen-bond acceptors (Lipinski definition) is 4. The van der Waals surface area contributed by atoms with Crippen LogP contribution in [0.2, 0.25) is 0 Å². The summed E-state index contributed by atoms with van der Waals surface area (Å²) in [7, 11) is -0.539. The molecule has 2 rings (SSSR count). The summed E-state index contributed by atoms with van der Waals surface area (Å²) in [6, 6.07) is 6.83. The van der Waals surface area contributed by atoms with Crippen LogP contribution in [0.4, 0.5) is 0 Å². The second-order valence-electron chi connectivity index (χ2n) is 6.24. The molecule has 0 aliphatic heterocycles. The third kappa shape index (κ3) is 4.92. The molecule has 0 spiro atoms. The maximum Gasteiger partial charge on any atom is 0.242 e. The Bertz CT molecular complexity index is 664. The van der Waals surface area contributed by atoms with Crippen molar-refractivity contribution in [2.75, 3.05) is 14.1 Å². The third-order valence-electron chi connectivity index (χ3n) is 4.27. The second kappa shape index (κ2) is 8.80. The minimum Gasteiger partial charge on any atom is -0.352 e. The molecule has 0 aromatic heterocycles. The fourth-order valence-corrected chi connectivity index (χ4v) is 4.01. The molecule has 1 aromatic carbocycles. The number of carbonyl (C=O) groups excluding carboxylic acids is 1. The molecule has 0 radical (unpaired) electrons. The first-order chi connectivity index (χ1) is 10.8. The van der Waals surface area contributed by atoms with Crippen LogP contribution in [-0.4, -0.2) is 38.8 Å². The first-order valence-corrected chi connectivity index (χ1v) is 9.30. The summed E-state index contributed by atoms with van der Waals surface area (Å²) in [5, 5.41) is 2.86. The van der Waals surface area contributed by atoms with Crippen LogP contribution in [0.5, 0.6) is 0 Å². The lowest BCUT2D eigenvalue weighted by atomic mass is 9.85. The van der Waals surface area contributed by atoms with Gasteiger partial charge in [-0.2, -0.15) is 0 Å². The maximum atomic E-state index is 12.3. The minimum atomic E-state index is -3.53. The average molecular weight is 376 g/mol. The zero-order valence-electron chi connectivity index (χ0n) is 14.1. The number of sulfonamides is 1. The maximum absolute atomic E-state index is 12.3. The molecule has 1 aliphatic rings. The van der Waals surface area contributed by atoms with E-state index in [0.29, 0.717) is 12.0 Å².